The molecule has 0 atom stereocenters. The second kappa shape index (κ2) is 6.31. The number of aromatic carboxylic acids is 1. The van der Waals surface area contributed by atoms with Crippen molar-refractivity contribution in [3.63, 3.8) is 0 Å². The normalized spacial score (nSPS) is 8.64. The Morgan fingerprint density at radius 3 is 2.36 bits per heavy atom. The zero-order chi connectivity index (χ0) is 9.84. The summed E-state index contributed by atoms with van der Waals surface area (Å²) < 4.78 is 0. The van der Waals surface area contributed by atoms with E-state index in [2.05, 4.69) is 5.32 Å². The van der Waals surface area contributed by atoms with E-state index in [1.54, 1.807) is 12.1 Å². The van der Waals surface area contributed by atoms with Crippen LogP contribution in [0.2, 0.25) is 0 Å². The van der Waals surface area contributed by atoms with Gasteiger partial charge in [-0.15, -0.1) is 0 Å². The summed E-state index contributed by atoms with van der Waals surface area (Å²) in [6, 6.07) is 6.08. The molecule has 0 bridgehead atoms. The van der Waals surface area contributed by atoms with Gasteiger partial charge in [0.2, 0.25) is 5.91 Å². The zero-order valence-electron chi connectivity index (χ0n) is 8.03. The molecule has 0 heterocycles. The molecule has 0 saturated heterocycles. The van der Waals surface area contributed by atoms with Crippen molar-refractivity contribution in [2.45, 2.75) is 6.92 Å². The second-order valence-corrected chi connectivity index (χ2v) is 2.51. The van der Waals surface area contributed by atoms with Crippen molar-refractivity contribution in [1.82, 2.24) is 0 Å². The van der Waals surface area contributed by atoms with Crippen molar-refractivity contribution in [3.05, 3.63) is 29.8 Å². The number of para-hydroxylation sites is 1. The number of hydrogen-bond acceptors (Lipinski definition) is 3. The summed E-state index contributed by atoms with van der Waals surface area (Å²) in [5.74, 6) is -1.61. The van der Waals surface area contributed by atoms with Crippen LogP contribution in [-0.4, -0.2) is 11.9 Å². The molecule has 5 heteroatoms. The van der Waals surface area contributed by atoms with Gasteiger partial charge in [-0.3, -0.25) is 4.79 Å². The fourth-order valence-electron chi connectivity index (χ4n) is 0.960. The molecule has 14 heavy (non-hydrogen) atoms. The Labute approximate surface area is 124 Å². The van der Waals surface area contributed by atoms with Gasteiger partial charge in [0.05, 0.1) is 5.97 Å². The quantitative estimate of drug-likeness (QED) is 0.537. The van der Waals surface area contributed by atoms with Crippen molar-refractivity contribution in [3.8, 4) is 0 Å². The molecule has 0 saturated carbocycles. The summed E-state index contributed by atoms with van der Waals surface area (Å²) in [5.41, 5.74) is 0.243. The van der Waals surface area contributed by atoms with Gasteiger partial charge in [-0.1, -0.05) is 18.2 Å². The minimum absolute atomic E-state index is 0. The van der Waals surface area contributed by atoms with Crippen LogP contribution >= 0.6 is 0 Å². The van der Waals surface area contributed by atoms with E-state index in [-0.39, 0.29) is 68.5 Å². The third-order valence-corrected chi connectivity index (χ3v) is 1.46. The van der Waals surface area contributed by atoms with Gasteiger partial charge in [0.25, 0.3) is 0 Å². The van der Waals surface area contributed by atoms with E-state index in [9.17, 15) is 14.7 Å². The van der Waals surface area contributed by atoms with Crippen LogP contribution in [0, 0.1) is 0 Å². The molecule has 0 aliphatic heterocycles. The van der Waals surface area contributed by atoms with Crippen LogP contribution in [0.1, 0.15) is 17.3 Å². The molecular formula is C9H8KNO3. The molecule has 0 unspecified atom stereocenters. The Hall–Kier alpha value is -0.204. The molecule has 1 aromatic rings. The molecule has 0 aromatic heterocycles. The Morgan fingerprint density at radius 2 is 1.86 bits per heavy atom. The third-order valence-electron chi connectivity index (χ3n) is 1.46. The summed E-state index contributed by atoms with van der Waals surface area (Å²) >= 11 is 0. The van der Waals surface area contributed by atoms with Crippen molar-refractivity contribution >= 4 is 17.6 Å². The Balaban J connectivity index is 0.00000169. The monoisotopic (exact) mass is 217 g/mol. The van der Waals surface area contributed by atoms with E-state index in [0.29, 0.717) is 0 Å². The molecule has 1 rings (SSSR count). The number of hydrogen-bond donors (Lipinski definition) is 1. The molecule has 0 aliphatic carbocycles. The van der Waals surface area contributed by atoms with E-state index in [0.717, 1.165) is 0 Å². The standard InChI is InChI=1S/C9H9NO3.K/c1-6(11)10-8-5-3-2-4-7(8)9(12)13;/h2-5H,1H3,(H,10,11)(H,12,13);/q;+1/p-1. The minimum atomic E-state index is -1.30. The maximum atomic E-state index is 10.7. The molecule has 1 amide bonds. The number of carboxylic acid groups (broad SMARTS) is 1. The molecule has 0 spiro atoms. The SMILES string of the molecule is CC(=O)Nc1ccccc1C(=O)[O-].[K+]. The zero-order valence-corrected chi connectivity index (χ0v) is 11.2. The minimum Gasteiger partial charge on any atom is -0.545 e. The van der Waals surface area contributed by atoms with Gasteiger partial charge in [0.1, 0.15) is 0 Å². The predicted molar refractivity (Wildman–Crippen MR) is 45.1 cm³/mol. The first-order chi connectivity index (χ1) is 6.11. The molecule has 0 fully saturated rings. The van der Waals surface area contributed by atoms with Gasteiger partial charge in [-0.25, -0.2) is 0 Å². The predicted octanol–water partition coefficient (Wildman–Crippen LogP) is -2.99. The van der Waals surface area contributed by atoms with Crippen molar-refractivity contribution in [1.29, 1.82) is 0 Å². The average molecular weight is 217 g/mol. The van der Waals surface area contributed by atoms with Crippen LogP contribution in [0.3, 0.4) is 0 Å². The van der Waals surface area contributed by atoms with E-state index in [4.69, 9.17) is 0 Å². The summed E-state index contributed by atoms with van der Waals surface area (Å²) in [7, 11) is 0. The third kappa shape index (κ3) is 3.89. The van der Waals surface area contributed by atoms with E-state index in [1.807, 2.05) is 0 Å². The topological polar surface area (TPSA) is 69.2 Å². The molecule has 1 aromatic carbocycles. The first kappa shape index (κ1) is 13.8. The van der Waals surface area contributed by atoms with E-state index < -0.39 is 5.97 Å². The molecule has 68 valence electrons. The molecule has 0 aliphatic rings. The van der Waals surface area contributed by atoms with Crippen molar-refractivity contribution < 1.29 is 66.1 Å². The Morgan fingerprint density at radius 1 is 1.29 bits per heavy atom. The first-order valence-electron chi connectivity index (χ1n) is 3.69. The van der Waals surface area contributed by atoms with Gasteiger partial charge < -0.3 is 15.2 Å². The van der Waals surface area contributed by atoms with Gasteiger partial charge in [0, 0.05) is 18.2 Å². The largest absolute Gasteiger partial charge is 1.00 e. The summed E-state index contributed by atoms with van der Waals surface area (Å²) in [4.78, 5) is 21.2. The number of carboxylic acids is 1. The van der Waals surface area contributed by atoms with Crippen LogP contribution in [0.15, 0.2) is 24.3 Å². The second-order valence-electron chi connectivity index (χ2n) is 2.51. The molecule has 0 radical (unpaired) electrons. The average Bonchev–Trinajstić information content (AvgIpc) is 2.03. The molecule has 4 nitrogen and oxygen atoms in total. The van der Waals surface area contributed by atoms with Gasteiger partial charge in [0.15, 0.2) is 0 Å². The number of benzene rings is 1. The van der Waals surface area contributed by atoms with Crippen LogP contribution in [0.5, 0.6) is 0 Å². The molecular weight excluding hydrogens is 209 g/mol. The summed E-state index contributed by atoms with van der Waals surface area (Å²) in [6.45, 7) is 1.31. The maximum Gasteiger partial charge on any atom is 1.00 e. The summed E-state index contributed by atoms with van der Waals surface area (Å²) in [5, 5.41) is 12.9. The number of nitrogens with one attached hydrogen (secondary N) is 1. The first-order valence-corrected chi connectivity index (χ1v) is 3.69. The number of rotatable bonds is 2. The van der Waals surface area contributed by atoms with Crippen LogP contribution in [0.25, 0.3) is 0 Å². The van der Waals surface area contributed by atoms with E-state index >= 15 is 0 Å². The number of carbonyl (C=O) groups is 2. The number of amides is 1. The van der Waals surface area contributed by atoms with E-state index in [1.165, 1.54) is 19.1 Å². The molecule has 1 N–H and O–H groups in total. The Bertz CT molecular complexity index is 352. The summed E-state index contributed by atoms with van der Waals surface area (Å²) in [6.07, 6.45) is 0. The van der Waals surface area contributed by atoms with Gasteiger partial charge >= 0.3 is 51.4 Å². The fraction of sp³-hybridized carbons (Fsp3) is 0.111. The maximum absolute atomic E-state index is 10.7. The van der Waals surface area contributed by atoms with Crippen LogP contribution < -0.4 is 61.8 Å². The van der Waals surface area contributed by atoms with Gasteiger partial charge in [-0.2, -0.15) is 0 Å². The number of carbonyl (C=O) groups excluding carboxylic acids is 2. The van der Waals surface area contributed by atoms with Crippen molar-refractivity contribution in [2.24, 2.45) is 0 Å². The van der Waals surface area contributed by atoms with Crippen molar-refractivity contribution in [2.75, 3.05) is 5.32 Å². The van der Waals surface area contributed by atoms with Gasteiger partial charge in [-0.05, 0) is 6.07 Å². The smallest absolute Gasteiger partial charge is 0.545 e. The van der Waals surface area contributed by atoms with Crippen LogP contribution in [0.4, 0.5) is 5.69 Å². The fourth-order valence-corrected chi connectivity index (χ4v) is 0.960. The number of anilines is 1. The Kier molecular flexibility index (Phi) is 6.22. The van der Waals surface area contributed by atoms with Crippen LogP contribution in [-0.2, 0) is 4.79 Å².